The Labute approximate surface area is 175 Å². The highest BCUT2D eigenvalue weighted by Gasteiger charge is 2.15. The van der Waals surface area contributed by atoms with E-state index in [0.717, 1.165) is 11.6 Å². The first-order chi connectivity index (χ1) is 12.9. The van der Waals surface area contributed by atoms with Crippen molar-refractivity contribution in [3.05, 3.63) is 83.2 Å². The Morgan fingerprint density at radius 3 is 2.26 bits per heavy atom. The number of allylic oxidation sites excluding steroid dienone is 3. The maximum Gasteiger partial charge on any atom is 0.0830 e. The van der Waals surface area contributed by atoms with E-state index in [-0.39, 0.29) is 0 Å². The van der Waals surface area contributed by atoms with Crippen molar-refractivity contribution in [2.75, 3.05) is 0 Å². The van der Waals surface area contributed by atoms with Crippen molar-refractivity contribution in [1.29, 1.82) is 0 Å². The van der Waals surface area contributed by atoms with Gasteiger partial charge < -0.3 is 4.57 Å². The van der Waals surface area contributed by atoms with E-state index in [1.165, 1.54) is 21.8 Å². The third kappa shape index (κ3) is 9.16. The molecule has 27 heavy (non-hydrogen) atoms. The third-order valence-electron chi connectivity index (χ3n) is 3.71. The average molecular weight is 405 g/mol. The highest BCUT2D eigenvalue weighted by atomic mass is 35.5. The summed E-state index contributed by atoms with van der Waals surface area (Å²) >= 11 is 7.13. The van der Waals surface area contributed by atoms with Crippen LogP contribution in [0.15, 0.2) is 71.4 Å². The van der Waals surface area contributed by atoms with Gasteiger partial charge in [0, 0.05) is 29.7 Å². The number of hydrogen-bond acceptors (Lipinski definition) is 2. The molecule has 0 radical (unpaired) electrons. The summed E-state index contributed by atoms with van der Waals surface area (Å²) in [5.74, 6) is 0.542. The SMILES string of the molecule is C/C=C(\C)Cl.C/C=C/Sc1c(C(C)C)cc(C)n1Cc1ccncc1.C=C. The minimum absolute atomic E-state index is 0.542. The largest absolute Gasteiger partial charge is 0.335 e. The van der Waals surface area contributed by atoms with E-state index in [1.54, 1.807) is 0 Å². The molecule has 148 valence electrons. The maximum atomic E-state index is 5.32. The van der Waals surface area contributed by atoms with Gasteiger partial charge in [-0.1, -0.05) is 49.4 Å². The van der Waals surface area contributed by atoms with Gasteiger partial charge in [0.1, 0.15) is 0 Å². The molecular weight excluding hydrogens is 372 g/mol. The van der Waals surface area contributed by atoms with Crippen LogP contribution in [0, 0.1) is 6.92 Å². The lowest BCUT2D eigenvalue weighted by molar-refractivity contribution is 0.691. The molecule has 0 aliphatic heterocycles. The van der Waals surface area contributed by atoms with Crippen LogP contribution in [-0.4, -0.2) is 9.55 Å². The first-order valence-electron chi connectivity index (χ1n) is 9.05. The number of thioether (sulfide) groups is 1. The molecule has 4 heteroatoms. The van der Waals surface area contributed by atoms with Gasteiger partial charge in [-0.3, -0.25) is 4.98 Å². The summed E-state index contributed by atoms with van der Waals surface area (Å²) in [6, 6.07) is 6.48. The smallest absolute Gasteiger partial charge is 0.0830 e. The molecule has 2 aromatic heterocycles. The zero-order valence-corrected chi connectivity index (χ0v) is 19.1. The topological polar surface area (TPSA) is 17.8 Å². The van der Waals surface area contributed by atoms with Crippen LogP contribution in [0.2, 0.25) is 0 Å². The van der Waals surface area contributed by atoms with Crippen LogP contribution in [-0.2, 0) is 6.54 Å². The van der Waals surface area contributed by atoms with Gasteiger partial charge in [-0.05, 0) is 68.3 Å². The quantitative estimate of drug-likeness (QED) is 0.371. The third-order valence-corrected chi connectivity index (χ3v) is 5.01. The summed E-state index contributed by atoms with van der Waals surface area (Å²) in [7, 11) is 0. The summed E-state index contributed by atoms with van der Waals surface area (Å²) in [4.78, 5) is 4.09. The standard InChI is InChI=1S/C17H22N2S.C4H7Cl.C2H4/c1-5-10-20-17-16(13(2)3)11-14(4)19(17)12-15-6-8-18-9-7-15;1-3-4(2)5;1-2/h5-11,13H,12H2,1-4H3;3H,1-2H3;1-2H2/b10-5+;4-3+;. The molecule has 0 saturated heterocycles. The molecule has 0 amide bonds. The second-order valence-electron chi connectivity index (χ2n) is 6.11. The molecule has 0 aliphatic carbocycles. The summed E-state index contributed by atoms with van der Waals surface area (Å²) in [6.07, 6.45) is 7.65. The zero-order valence-electron chi connectivity index (χ0n) is 17.5. The van der Waals surface area contributed by atoms with Crippen LogP contribution < -0.4 is 0 Å². The normalized spacial score (nSPS) is 11.0. The number of rotatable bonds is 5. The number of halogens is 1. The molecular formula is C23H33ClN2S. The van der Waals surface area contributed by atoms with E-state index in [9.17, 15) is 0 Å². The summed E-state index contributed by atoms with van der Waals surface area (Å²) < 4.78 is 2.40. The van der Waals surface area contributed by atoms with Gasteiger partial charge in [0.15, 0.2) is 0 Å². The predicted molar refractivity (Wildman–Crippen MR) is 124 cm³/mol. The monoisotopic (exact) mass is 404 g/mol. The van der Waals surface area contributed by atoms with Crippen molar-refractivity contribution in [3.63, 3.8) is 0 Å². The van der Waals surface area contributed by atoms with E-state index < -0.39 is 0 Å². The molecule has 2 rings (SSSR count). The number of nitrogens with zero attached hydrogens (tertiary/aromatic N) is 2. The van der Waals surface area contributed by atoms with Gasteiger partial charge in [0.2, 0.25) is 0 Å². The molecule has 0 bridgehead atoms. The fourth-order valence-electron chi connectivity index (χ4n) is 2.23. The Balaban J connectivity index is 0.000000838. The lowest BCUT2D eigenvalue weighted by Gasteiger charge is -2.12. The van der Waals surface area contributed by atoms with Gasteiger partial charge >= 0.3 is 0 Å². The van der Waals surface area contributed by atoms with Crippen LogP contribution >= 0.6 is 23.4 Å². The molecule has 2 heterocycles. The first kappa shape index (κ1) is 25.3. The summed E-state index contributed by atoms with van der Waals surface area (Å²) in [6.45, 7) is 19.4. The van der Waals surface area contributed by atoms with Crippen LogP contribution in [0.1, 0.15) is 57.4 Å². The van der Waals surface area contributed by atoms with Gasteiger partial charge in [0.25, 0.3) is 0 Å². The number of pyridine rings is 1. The number of aromatic nitrogens is 2. The first-order valence-corrected chi connectivity index (χ1v) is 10.3. The lowest BCUT2D eigenvalue weighted by Crippen LogP contribution is -2.03. The molecule has 2 aromatic rings. The van der Waals surface area contributed by atoms with E-state index in [4.69, 9.17) is 11.6 Å². The van der Waals surface area contributed by atoms with Crippen molar-refractivity contribution in [2.45, 2.75) is 59.0 Å². The van der Waals surface area contributed by atoms with Crippen molar-refractivity contribution >= 4 is 23.4 Å². The van der Waals surface area contributed by atoms with Crippen LogP contribution in [0.4, 0.5) is 0 Å². The molecule has 0 fully saturated rings. The van der Waals surface area contributed by atoms with E-state index in [1.807, 2.05) is 44.1 Å². The second kappa shape index (κ2) is 14.4. The Morgan fingerprint density at radius 2 is 1.81 bits per heavy atom. The Hall–Kier alpha value is -1.71. The predicted octanol–water partition coefficient (Wildman–Crippen LogP) is 7.94. The minimum Gasteiger partial charge on any atom is -0.335 e. The summed E-state index contributed by atoms with van der Waals surface area (Å²) in [5.41, 5.74) is 4.04. The van der Waals surface area contributed by atoms with Crippen LogP contribution in [0.5, 0.6) is 0 Å². The molecule has 0 saturated carbocycles. The maximum absolute atomic E-state index is 5.32. The Bertz CT molecular complexity index is 711. The van der Waals surface area contributed by atoms with Gasteiger partial charge in [-0.15, -0.1) is 13.2 Å². The molecule has 0 aliphatic rings. The zero-order chi connectivity index (χ0) is 20.8. The molecule has 0 atom stereocenters. The van der Waals surface area contributed by atoms with Crippen molar-refractivity contribution in [2.24, 2.45) is 0 Å². The van der Waals surface area contributed by atoms with Gasteiger partial charge in [-0.25, -0.2) is 0 Å². The number of hydrogen-bond donors (Lipinski definition) is 0. The highest BCUT2D eigenvalue weighted by Crippen LogP contribution is 2.33. The van der Waals surface area contributed by atoms with E-state index >= 15 is 0 Å². The molecule has 0 unspecified atom stereocenters. The highest BCUT2D eigenvalue weighted by molar-refractivity contribution is 8.02. The van der Waals surface area contributed by atoms with Crippen LogP contribution in [0.3, 0.4) is 0 Å². The van der Waals surface area contributed by atoms with Crippen molar-refractivity contribution in [3.8, 4) is 0 Å². The summed E-state index contributed by atoms with van der Waals surface area (Å²) in [5, 5.41) is 4.36. The van der Waals surface area contributed by atoms with Crippen LogP contribution in [0.25, 0.3) is 0 Å². The average Bonchev–Trinajstić information content (AvgIpc) is 2.99. The van der Waals surface area contributed by atoms with Gasteiger partial charge in [-0.2, -0.15) is 0 Å². The van der Waals surface area contributed by atoms with E-state index in [2.05, 4.69) is 80.1 Å². The molecule has 0 spiro atoms. The Morgan fingerprint density at radius 1 is 1.26 bits per heavy atom. The van der Waals surface area contributed by atoms with Gasteiger partial charge in [0.05, 0.1) is 5.03 Å². The van der Waals surface area contributed by atoms with Crippen molar-refractivity contribution < 1.29 is 0 Å². The number of aryl methyl sites for hydroxylation is 1. The van der Waals surface area contributed by atoms with Crippen molar-refractivity contribution in [1.82, 2.24) is 9.55 Å². The second-order valence-corrected chi connectivity index (χ2v) is 7.60. The lowest BCUT2D eigenvalue weighted by atomic mass is 10.1. The molecule has 0 aromatic carbocycles. The fourth-order valence-corrected chi connectivity index (χ4v) is 3.26. The Kier molecular flexibility index (Phi) is 13.5. The molecule has 0 N–H and O–H groups in total. The fraction of sp³-hybridized carbons (Fsp3) is 0.348. The molecule has 2 nitrogen and oxygen atoms in total. The van der Waals surface area contributed by atoms with E-state index in [0.29, 0.717) is 5.92 Å². The minimum atomic E-state index is 0.542.